The van der Waals surface area contributed by atoms with Crippen LogP contribution in [0.5, 0.6) is 0 Å². The number of imidazole rings is 1. The number of aromatic nitrogens is 3. The number of hydrogen-bond acceptors (Lipinski definition) is 5. The molecule has 0 aliphatic heterocycles. The molecule has 0 saturated carbocycles. The Balaban J connectivity index is 1.91. The molecule has 1 N–H and O–H groups in total. The second-order valence-corrected chi connectivity index (χ2v) is 8.00. The Morgan fingerprint density at radius 2 is 2.04 bits per heavy atom. The van der Waals surface area contributed by atoms with E-state index in [1.54, 1.807) is 11.3 Å². The fraction of sp³-hybridized carbons (Fsp3) is 0.318. The molecular formula is C22H27N5S. The molecule has 3 aromatic rings. The minimum atomic E-state index is 0.300. The second-order valence-electron chi connectivity index (χ2n) is 7.11. The van der Waals surface area contributed by atoms with Crippen molar-refractivity contribution in [1.29, 1.82) is 0 Å². The number of aryl methyl sites for hydroxylation is 1. The molecule has 6 heteroatoms. The van der Waals surface area contributed by atoms with Crippen LogP contribution in [0.3, 0.4) is 0 Å². The van der Waals surface area contributed by atoms with Crippen LogP contribution in [0.1, 0.15) is 42.8 Å². The predicted octanol–water partition coefficient (Wildman–Crippen LogP) is 3.05. The molecule has 0 aliphatic rings. The Morgan fingerprint density at radius 1 is 1.29 bits per heavy atom. The predicted molar refractivity (Wildman–Crippen MR) is 118 cm³/mol. The smallest absolute Gasteiger partial charge is 0.154 e. The number of rotatable bonds is 7. The highest BCUT2D eigenvalue weighted by Crippen LogP contribution is 2.09. The third kappa shape index (κ3) is 4.75. The minimum absolute atomic E-state index is 0.300. The van der Waals surface area contributed by atoms with E-state index in [9.17, 15) is 0 Å². The Bertz CT molecular complexity index is 1040. The quantitative estimate of drug-likeness (QED) is 0.628. The molecule has 3 rings (SSSR count). The molecule has 0 fully saturated rings. The van der Waals surface area contributed by atoms with Gasteiger partial charge in [-0.15, -0.1) is 11.3 Å². The minimum Gasteiger partial charge on any atom is -0.368 e. The van der Waals surface area contributed by atoms with E-state index < -0.39 is 0 Å². The molecule has 0 bridgehead atoms. The average Bonchev–Trinajstić information content (AvgIpc) is 3.32. The second kappa shape index (κ2) is 8.97. The molecule has 2 aromatic heterocycles. The number of benzene rings is 1. The maximum atomic E-state index is 4.84. The summed E-state index contributed by atoms with van der Waals surface area (Å²) in [5.41, 5.74) is 5.30. The fourth-order valence-corrected chi connectivity index (χ4v) is 3.48. The van der Waals surface area contributed by atoms with Crippen LogP contribution in [0.2, 0.25) is 0 Å². The summed E-state index contributed by atoms with van der Waals surface area (Å²) < 4.78 is 2.06. The number of nitrogens with one attached hydrogen (secondary N) is 1. The van der Waals surface area contributed by atoms with Crippen molar-refractivity contribution in [2.75, 3.05) is 6.54 Å². The molecule has 146 valence electrons. The zero-order valence-corrected chi connectivity index (χ0v) is 17.8. The first-order valence-electron chi connectivity index (χ1n) is 9.45. The van der Waals surface area contributed by atoms with Gasteiger partial charge in [0.15, 0.2) is 5.82 Å². The first-order valence-corrected chi connectivity index (χ1v) is 10.3. The van der Waals surface area contributed by atoms with Crippen molar-refractivity contribution >= 4 is 29.4 Å². The van der Waals surface area contributed by atoms with Gasteiger partial charge in [-0.3, -0.25) is 4.98 Å². The summed E-state index contributed by atoms with van der Waals surface area (Å²) in [6.07, 6.45) is 4.59. The topological polar surface area (TPSA) is 55.1 Å². The van der Waals surface area contributed by atoms with E-state index in [1.807, 2.05) is 25.0 Å². The highest BCUT2D eigenvalue weighted by Gasteiger charge is 2.07. The molecule has 0 spiro atoms. The summed E-state index contributed by atoms with van der Waals surface area (Å²) in [6, 6.07) is 8.93. The summed E-state index contributed by atoms with van der Waals surface area (Å²) in [4.78, 5) is 14.6. The lowest BCUT2D eigenvalue weighted by molar-refractivity contribution is 0.586. The SMILES string of the molecule is C=c1/c(=C(\N=C(C)c2cncs2)NCCc2ccc(C)cc2)ncn1C(C)C. The third-order valence-electron chi connectivity index (χ3n) is 4.57. The molecule has 5 nitrogen and oxygen atoms in total. The summed E-state index contributed by atoms with van der Waals surface area (Å²) in [7, 11) is 0. The number of aliphatic imine (C=N–C) groups is 1. The largest absolute Gasteiger partial charge is 0.368 e. The molecule has 0 unspecified atom stereocenters. The van der Waals surface area contributed by atoms with Gasteiger partial charge < -0.3 is 9.88 Å². The lowest BCUT2D eigenvalue weighted by Crippen LogP contribution is -2.35. The monoisotopic (exact) mass is 393 g/mol. The lowest BCUT2D eigenvalue weighted by atomic mass is 10.1. The average molecular weight is 394 g/mol. The van der Waals surface area contributed by atoms with Crippen LogP contribution >= 0.6 is 11.3 Å². The molecule has 28 heavy (non-hydrogen) atoms. The zero-order chi connectivity index (χ0) is 20.1. The molecule has 2 heterocycles. The number of nitrogens with zero attached hydrogens (tertiary/aromatic N) is 4. The number of hydrogen-bond donors (Lipinski definition) is 1. The van der Waals surface area contributed by atoms with Crippen LogP contribution in [-0.4, -0.2) is 26.8 Å². The van der Waals surface area contributed by atoms with Crippen LogP contribution in [0.25, 0.3) is 12.4 Å². The molecule has 1 aromatic carbocycles. The first kappa shape index (κ1) is 20.0. The van der Waals surface area contributed by atoms with E-state index in [1.165, 1.54) is 11.1 Å². The van der Waals surface area contributed by atoms with E-state index in [4.69, 9.17) is 4.99 Å². The van der Waals surface area contributed by atoms with Crippen LogP contribution in [-0.2, 0) is 6.42 Å². The zero-order valence-electron chi connectivity index (χ0n) is 16.9. The van der Waals surface area contributed by atoms with Crippen molar-refractivity contribution in [2.24, 2.45) is 4.99 Å². The Morgan fingerprint density at radius 3 is 2.64 bits per heavy atom. The van der Waals surface area contributed by atoms with Gasteiger partial charge in [-0.1, -0.05) is 36.4 Å². The first-order chi connectivity index (χ1) is 13.5. The van der Waals surface area contributed by atoms with E-state index >= 15 is 0 Å². The number of thiazole rings is 1. The van der Waals surface area contributed by atoms with Gasteiger partial charge in [0.2, 0.25) is 0 Å². The van der Waals surface area contributed by atoms with Crippen molar-refractivity contribution in [3.05, 3.63) is 69.0 Å². The van der Waals surface area contributed by atoms with Crippen molar-refractivity contribution in [1.82, 2.24) is 19.9 Å². The normalized spacial score (nSPS) is 13.1. The third-order valence-corrected chi connectivity index (χ3v) is 5.45. The van der Waals surface area contributed by atoms with Crippen molar-refractivity contribution in [2.45, 2.75) is 40.2 Å². The molecule has 0 saturated heterocycles. The van der Waals surface area contributed by atoms with E-state index in [2.05, 4.69) is 71.5 Å². The van der Waals surface area contributed by atoms with Crippen LogP contribution in [0.4, 0.5) is 0 Å². The maximum Gasteiger partial charge on any atom is 0.154 e. The van der Waals surface area contributed by atoms with Gasteiger partial charge in [-0.25, -0.2) is 9.98 Å². The summed E-state index contributed by atoms with van der Waals surface area (Å²) >= 11 is 1.58. The molecule has 0 radical (unpaired) electrons. The van der Waals surface area contributed by atoms with Gasteiger partial charge >= 0.3 is 0 Å². The standard InChI is InChI=1S/C22H27N5S/c1-15(2)27-13-25-21(18(27)5)22(26-17(4)20-12-23-14-28-20)24-11-10-19-8-6-16(3)7-9-19/h6-9,12-15,24H,5,10-11H2,1-4H3/b22-21+,26-17?. The van der Waals surface area contributed by atoms with Gasteiger partial charge in [0.1, 0.15) is 5.35 Å². The van der Waals surface area contributed by atoms with Gasteiger partial charge in [-0.2, -0.15) is 0 Å². The Kier molecular flexibility index (Phi) is 6.41. The summed E-state index contributed by atoms with van der Waals surface area (Å²) in [6.45, 7) is 13.3. The van der Waals surface area contributed by atoms with Gasteiger partial charge in [0, 0.05) is 18.8 Å². The molecular weight excluding hydrogens is 366 g/mol. The maximum absolute atomic E-state index is 4.84. The van der Waals surface area contributed by atoms with E-state index in [-0.39, 0.29) is 0 Å². The summed E-state index contributed by atoms with van der Waals surface area (Å²) in [5.74, 6) is 0.752. The molecule has 0 amide bonds. The van der Waals surface area contributed by atoms with Crippen LogP contribution in [0.15, 0.2) is 47.3 Å². The van der Waals surface area contributed by atoms with Crippen LogP contribution in [0, 0.1) is 6.92 Å². The molecule has 0 aliphatic carbocycles. The van der Waals surface area contributed by atoms with E-state index in [0.29, 0.717) is 6.04 Å². The van der Waals surface area contributed by atoms with E-state index in [0.717, 1.165) is 40.1 Å². The van der Waals surface area contributed by atoms with Gasteiger partial charge in [0.05, 0.1) is 27.8 Å². The lowest BCUT2D eigenvalue weighted by Gasteiger charge is -2.09. The van der Waals surface area contributed by atoms with Gasteiger partial charge in [0.25, 0.3) is 0 Å². The molecule has 0 atom stereocenters. The van der Waals surface area contributed by atoms with Crippen molar-refractivity contribution < 1.29 is 0 Å². The summed E-state index contributed by atoms with van der Waals surface area (Å²) in [5, 5.41) is 5.14. The van der Waals surface area contributed by atoms with Crippen molar-refractivity contribution in [3.63, 3.8) is 0 Å². The highest BCUT2D eigenvalue weighted by molar-refractivity contribution is 7.11. The van der Waals surface area contributed by atoms with Crippen molar-refractivity contribution in [3.8, 4) is 0 Å². The highest BCUT2D eigenvalue weighted by atomic mass is 32.1. The fourth-order valence-electron chi connectivity index (χ4n) is 2.90. The Hall–Kier alpha value is -2.73. The van der Waals surface area contributed by atoms with Crippen LogP contribution < -0.4 is 16.0 Å². The Labute approximate surface area is 170 Å². The van der Waals surface area contributed by atoms with Gasteiger partial charge in [-0.05, 0) is 39.7 Å².